The lowest BCUT2D eigenvalue weighted by molar-refractivity contribution is -0.145. The Bertz CT molecular complexity index is 907. The van der Waals surface area contributed by atoms with Gasteiger partial charge >= 0.3 is 0 Å². The molecule has 7 nitrogen and oxygen atoms in total. The average molecular weight is 518 g/mol. The van der Waals surface area contributed by atoms with Crippen molar-refractivity contribution in [2.75, 3.05) is 39.3 Å². The molecule has 200 valence electrons. The van der Waals surface area contributed by atoms with Crippen molar-refractivity contribution in [2.24, 2.45) is 11.8 Å². The number of thioether (sulfide) groups is 1. The maximum Gasteiger partial charge on any atom is 0.247 e. The van der Waals surface area contributed by atoms with Crippen molar-refractivity contribution < 1.29 is 19.5 Å². The Balaban J connectivity index is 1.73. The second kappa shape index (κ2) is 11.3. The molecule has 4 rings (SSSR count). The monoisotopic (exact) mass is 517 g/mol. The predicted molar refractivity (Wildman–Crippen MR) is 143 cm³/mol. The molecule has 4 heterocycles. The van der Waals surface area contributed by atoms with Crippen LogP contribution in [0.3, 0.4) is 0 Å². The van der Waals surface area contributed by atoms with E-state index in [0.29, 0.717) is 32.7 Å². The number of amides is 3. The third-order valence-corrected chi connectivity index (χ3v) is 10.1. The predicted octanol–water partition coefficient (Wildman–Crippen LogP) is 3.23. The highest BCUT2D eigenvalue weighted by Gasteiger charge is 2.73. The molecule has 2 saturated heterocycles. The van der Waals surface area contributed by atoms with E-state index in [1.807, 2.05) is 14.7 Å². The van der Waals surface area contributed by atoms with Gasteiger partial charge in [-0.1, -0.05) is 57.4 Å². The average Bonchev–Trinajstić information content (AvgIpc) is 3.12. The second-order valence-electron chi connectivity index (χ2n) is 10.9. The third kappa shape index (κ3) is 4.64. The highest BCUT2D eigenvalue weighted by molar-refractivity contribution is 8.02. The number of nitrogens with zero attached hydrogens (tertiary/aromatic N) is 3. The second-order valence-corrected chi connectivity index (χ2v) is 12.7. The van der Waals surface area contributed by atoms with Crippen LogP contribution in [0.15, 0.2) is 24.3 Å². The fourth-order valence-electron chi connectivity index (χ4n) is 6.63. The Morgan fingerprint density at radius 3 is 2.22 bits per heavy atom. The highest BCUT2D eigenvalue weighted by Crippen LogP contribution is 2.65. The van der Waals surface area contributed by atoms with Crippen molar-refractivity contribution in [3.63, 3.8) is 0 Å². The summed E-state index contributed by atoms with van der Waals surface area (Å²) < 4.78 is -1.27. The van der Waals surface area contributed by atoms with Crippen LogP contribution in [-0.2, 0) is 14.4 Å². The maximum atomic E-state index is 14.2. The number of aliphatic hydroxyl groups is 1. The van der Waals surface area contributed by atoms with Crippen LogP contribution < -0.4 is 0 Å². The Morgan fingerprint density at radius 2 is 1.53 bits per heavy atom. The van der Waals surface area contributed by atoms with Crippen LogP contribution in [0, 0.1) is 11.8 Å². The minimum Gasteiger partial charge on any atom is -0.396 e. The van der Waals surface area contributed by atoms with Gasteiger partial charge in [0.15, 0.2) is 0 Å². The molecular formula is C28H43N3O4S. The molecule has 0 saturated carbocycles. The molecule has 0 aromatic rings. The number of fused-ring (bicyclic) bond motifs is 2. The van der Waals surface area contributed by atoms with E-state index in [-0.39, 0.29) is 24.3 Å². The summed E-state index contributed by atoms with van der Waals surface area (Å²) in [6.07, 6.45) is 14.5. The smallest absolute Gasteiger partial charge is 0.247 e. The van der Waals surface area contributed by atoms with Gasteiger partial charge in [0, 0.05) is 44.1 Å². The molecule has 0 aromatic carbocycles. The fourth-order valence-corrected chi connectivity index (χ4v) is 8.78. The molecule has 0 radical (unpaired) electrons. The topological polar surface area (TPSA) is 81.2 Å². The minimum atomic E-state index is -0.741. The maximum absolute atomic E-state index is 14.2. The normalized spacial score (nSPS) is 33.6. The zero-order valence-electron chi connectivity index (χ0n) is 22.2. The highest BCUT2D eigenvalue weighted by atomic mass is 32.2. The number of aliphatic hydroxyl groups excluding tert-OH is 1. The molecule has 4 aliphatic heterocycles. The first-order chi connectivity index (χ1) is 17.3. The molecule has 1 unspecified atom stereocenters. The molecule has 0 bridgehead atoms. The van der Waals surface area contributed by atoms with Gasteiger partial charge in [0.25, 0.3) is 0 Å². The molecule has 5 atom stereocenters. The SMILES string of the molecule is CCCCN1CC=C[C@]23S[C@@]4(C)C=CCN(CCC)C(=O)[C@H]4[C@H]2C(=O)N(CCCCCCO)C3C1=O. The van der Waals surface area contributed by atoms with Gasteiger partial charge in [-0.2, -0.15) is 0 Å². The molecule has 36 heavy (non-hydrogen) atoms. The van der Waals surface area contributed by atoms with E-state index >= 15 is 0 Å². The van der Waals surface area contributed by atoms with E-state index in [2.05, 4.69) is 45.1 Å². The van der Waals surface area contributed by atoms with Crippen LogP contribution in [0.5, 0.6) is 0 Å². The number of unbranched alkanes of at least 4 members (excludes halogenated alkanes) is 4. The van der Waals surface area contributed by atoms with Gasteiger partial charge < -0.3 is 19.8 Å². The lowest BCUT2D eigenvalue weighted by Gasteiger charge is -2.37. The minimum absolute atomic E-state index is 0.0223. The Labute approximate surface area is 220 Å². The number of carbonyl (C=O) groups is 3. The zero-order valence-corrected chi connectivity index (χ0v) is 23.0. The van der Waals surface area contributed by atoms with Gasteiger partial charge in [-0.25, -0.2) is 0 Å². The molecule has 2 fully saturated rings. The van der Waals surface area contributed by atoms with E-state index in [4.69, 9.17) is 5.11 Å². The fraction of sp³-hybridized carbons (Fsp3) is 0.750. The molecular weight excluding hydrogens is 474 g/mol. The molecule has 8 heteroatoms. The summed E-state index contributed by atoms with van der Waals surface area (Å²) in [6.45, 7) is 9.44. The third-order valence-electron chi connectivity index (χ3n) is 8.31. The number of hydrogen-bond acceptors (Lipinski definition) is 5. The van der Waals surface area contributed by atoms with E-state index < -0.39 is 27.4 Å². The Kier molecular flexibility index (Phi) is 8.55. The molecule has 4 aliphatic rings. The molecule has 3 amide bonds. The van der Waals surface area contributed by atoms with E-state index in [1.54, 1.807) is 11.8 Å². The molecule has 1 N–H and O–H groups in total. The van der Waals surface area contributed by atoms with Crippen molar-refractivity contribution in [2.45, 2.75) is 81.3 Å². The molecule has 0 aliphatic carbocycles. The van der Waals surface area contributed by atoms with E-state index in [1.165, 1.54) is 0 Å². The summed E-state index contributed by atoms with van der Waals surface area (Å²) in [5.41, 5.74) is 0. The first-order valence-corrected chi connectivity index (χ1v) is 14.7. The number of rotatable bonds is 11. The van der Waals surface area contributed by atoms with Crippen molar-refractivity contribution in [3.05, 3.63) is 24.3 Å². The summed E-state index contributed by atoms with van der Waals surface area (Å²) >= 11 is 1.67. The van der Waals surface area contributed by atoms with Crippen LogP contribution >= 0.6 is 11.8 Å². The van der Waals surface area contributed by atoms with Gasteiger partial charge in [0.2, 0.25) is 17.7 Å². The Hall–Kier alpha value is -1.80. The van der Waals surface area contributed by atoms with Crippen LogP contribution in [0.4, 0.5) is 0 Å². The quantitative estimate of drug-likeness (QED) is 0.336. The summed E-state index contributed by atoms with van der Waals surface area (Å²) in [6, 6.07) is -0.585. The lowest BCUT2D eigenvalue weighted by atomic mass is 9.74. The number of hydrogen-bond donors (Lipinski definition) is 1. The first kappa shape index (κ1) is 27.2. The summed E-state index contributed by atoms with van der Waals surface area (Å²) in [5.74, 6) is -1.01. The van der Waals surface area contributed by atoms with Gasteiger partial charge in [-0.15, -0.1) is 11.8 Å². The Morgan fingerprint density at radius 1 is 0.833 bits per heavy atom. The van der Waals surface area contributed by atoms with E-state index in [9.17, 15) is 14.4 Å². The lowest BCUT2D eigenvalue weighted by Crippen LogP contribution is -2.53. The van der Waals surface area contributed by atoms with Crippen LogP contribution in [0.2, 0.25) is 0 Å². The summed E-state index contributed by atoms with van der Waals surface area (Å²) in [4.78, 5) is 47.9. The largest absolute Gasteiger partial charge is 0.396 e. The van der Waals surface area contributed by atoms with Gasteiger partial charge in [0.1, 0.15) is 6.04 Å². The van der Waals surface area contributed by atoms with Crippen LogP contribution in [-0.4, -0.2) is 92.4 Å². The summed E-state index contributed by atoms with van der Waals surface area (Å²) in [5, 5.41) is 9.12. The van der Waals surface area contributed by atoms with Crippen molar-refractivity contribution >= 4 is 29.5 Å². The standard InChI is InChI=1S/C28H43N3O4S/c1-4-6-16-30-18-12-14-28-22(21-24(33)29(15-5-2)17-11-13-27(21,3)36-28)25(34)31(23(28)26(30)35)19-9-7-8-10-20-32/h11-14,21-23,32H,4-10,15-20H2,1-3H3/t21-,22+,23?,27+,28+/m1/s1. The molecule has 1 spiro atoms. The number of carbonyl (C=O) groups excluding carboxylic acids is 3. The van der Waals surface area contributed by atoms with Crippen molar-refractivity contribution in [1.82, 2.24) is 14.7 Å². The first-order valence-electron chi connectivity index (χ1n) is 13.9. The molecule has 0 aromatic heterocycles. The summed E-state index contributed by atoms with van der Waals surface area (Å²) in [7, 11) is 0. The van der Waals surface area contributed by atoms with Crippen LogP contribution in [0.1, 0.15) is 65.7 Å². The van der Waals surface area contributed by atoms with Gasteiger partial charge in [0.05, 0.1) is 16.6 Å². The zero-order chi connectivity index (χ0) is 25.9. The number of likely N-dealkylation sites (tertiary alicyclic amines) is 1. The van der Waals surface area contributed by atoms with Crippen LogP contribution in [0.25, 0.3) is 0 Å². The van der Waals surface area contributed by atoms with Crippen molar-refractivity contribution in [3.8, 4) is 0 Å². The van der Waals surface area contributed by atoms with Crippen molar-refractivity contribution in [1.29, 1.82) is 0 Å². The van der Waals surface area contributed by atoms with Gasteiger partial charge in [-0.05, 0) is 32.6 Å². The van der Waals surface area contributed by atoms with E-state index in [0.717, 1.165) is 44.9 Å². The van der Waals surface area contributed by atoms with Gasteiger partial charge in [-0.3, -0.25) is 14.4 Å².